The number of carbonyl (C=O) groups is 1. The van der Waals surface area contributed by atoms with Gasteiger partial charge >= 0.3 is 0 Å². The van der Waals surface area contributed by atoms with Crippen molar-refractivity contribution in [2.24, 2.45) is 0 Å². The molecule has 3 heterocycles. The molecule has 0 unspecified atom stereocenters. The molecule has 4 rings (SSSR count). The van der Waals surface area contributed by atoms with Crippen molar-refractivity contribution in [2.45, 2.75) is 12.8 Å². The first-order chi connectivity index (χ1) is 13.7. The molecule has 0 bridgehead atoms. The summed E-state index contributed by atoms with van der Waals surface area (Å²) in [6, 6.07) is 11.4. The predicted octanol–water partition coefficient (Wildman–Crippen LogP) is 3.07. The third kappa shape index (κ3) is 4.14. The zero-order chi connectivity index (χ0) is 19.3. The lowest BCUT2D eigenvalue weighted by molar-refractivity contribution is -0.131. The molecule has 8 heteroatoms. The van der Waals surface area contributed by atoms with Gasteiger partial charge in [0.2, 0.25) is 17.6 Å². The second kappa shape index (κ2) is 8.39. The van der Waals surface area contributed by atoms with Crippen LogP contribution in [0.2, 0.25) is 5.02 Å². The zero-order valence-corrected chi connectivity index (χ0v) is 16.0. The lowest BCUT2D eigenvalue weighted by atomic mass is 10.2. The number of halogens is 1. The number of amides is 1. The molecule has 1 aliphatic rings. The molecule has 28 heavy (non-hydrogen) atoms. The van der Waals surface area contributed by atoms with E-state index < -0.39 is 0 Å². The van der Waals surface area contributed by atoms with Crippen LogP contribution >= 0.6 is 11.6 Å². The van der Waals surface area contributed by atoms with E-state index in [9.17, 15) is 4.79 Å². The van der Waals surface area contributed by atoms with Gasteiger partial charge in [-0.05, 0) is 24.3 Å². The number of piperazine rings is 1. The van der Waals surface area contributed by atoms with Gasteiger partial charge in [0.25, 0.3) is 0 Å². The Bertz CT molecular complexity index is 939. The predicted molar refractivity (Wildman–Crippen MR) is 106 cm³/mol. The molecule has 1 aromatic carbocycles. The van der Waals surface area contributed by atoms with Gasteiger partial charge in [0, 0.05) is 57.0 Å². The summed E-state index contributed by atoms with van der Waals surface area (Å²) in [4.78, 5) is 25.0. The SMILES string of the molecule is O=C(CCc1nc(-c2ccncc2)no1)N1CCN(c2ccccc2Cl)CC1. The van der Waals surface area contributed by atoms with E-state index in [0.29, 0.717) is 37.6 Å². The number of anilines is 1. The van der Waals surface area contributed by atoms with E-state index in [1.807, 2.05) is 41.3 Å². The fraction of sp³-hybridized carbons (Fsp3) is 0.300. The van der Waals surface area contributed by atoms with E-state index in [2.05, 4.69) is 20.0 Å². The lowest BCUT2D eigenvalue weighted by Crippen LogP contribution is -2.48. The Kier molecular flexibility index (Phi) is 5.53. The maximum absolute atomic E-state index is 12.5. The van der Waals surface area contributed by atoms with Gasteiger partial charge < -0.3 is 14.3 Å². The zero-order valence-electron chi connectivity index (χ0n) is 15.3. The van der Waals surface area contributed by atoms with Gasteiger partial charge in [0.1, 0.15) is 0 Å². The highest BCUT2D eigenvalue weighted by molar-refractivity contribution is 6.33. The van der Waals surface area contributed by atoms with Crippen molar-refractivity contribution in [1.82, 2.24) is 20.0 Å². The number of rotatable bonds is 5. The Hall–Kier alpha value is -2.93. The van der Waals surface area contributed by atoms with Crippen molar-refractivity contribution in [3.8, 4) is 11.4 Å². The topological polar surface area (TPSA) is 75.4 Å². The van der Waals surface area contributed by atoms with Gasteiger partial charge in [-0.25, -0.2) is 0 Å². The largest absolute Gasteiger partial charge is 0.367 e. The van der Waals surface area contributed by atoms with Crippen molar-refractivity contribution in [1.29, 1.82) is 0 Å². The van der Waals surface area contributed by atoms with Crippen LogP contribution in [0.5, 0.6) is 0 Å². The van der Waals surface area contributed by atoms with Crippen LogP contribution in [-0.4, -0.2) is 52.1 Å². The van der Waals surface area contributed by atoms with Gasteiger partial charge in [0.15, 0.2) is 0 Å². The Morgan fingerprint density at radius 1 is 1.07 bits per heavy atom. The van der Waals surface area contributed by atoms with Crippen molar-refractivity contribution >= 4 is 23.2 Å². The number of aryl methyl sites for hydroxylation is 1. The molecule has 0 N–H and O–H groups in total. The van der Waals surface area contributed by atoms with E-state index in [1.54, 1.807) is 12.4 Å². The summed E-state index contributed by atoms with van der Waals surface area (Å²) in [6.07, 6.45) is 4.14. The molecule has 7 nitrogen and oxygen atoms in total. The monoisotopic (exact) mass is 397 g/mol. The van der Waals surface area contributed by atoms with Crippen molar-refractivity contribution < 1.29 is 9.32 Å². The molecule has 0 aliphatic carbocycles. The fourth-order valence-corrected chi connectivity index (χ4v) is 3.51. The second-order valence-electron chi connectivity index (χ2n) is 6.57. The Morgan fingerprint density at radius 2 is 1.82 bits per heavy atom. The van der Waals surface area contributed by atoms with Crippen molar-refractivity contribution in [3.63, 3.8) is 0 Å². The first kappa shape index (κ1) is 18.4. The molecular weight excluding hydrogens is 378 g/mol. The Labute approximate surface area is 167 Å². The minimum absolute atomic E-state index is 0.0995. The van der Waals surface area contributed by atoms with E-state index in [1.165, 1.54) is 0 Å². The van der Waals surface area contributed by atoms with Crippen LogP contribution in [0.25, 0.3) is 11.4 Å². The van der Waals surface area contributed by atoms with E-state index in [4.69, 9.17) is 16.1 Å². The summed E-state index contributed by atoms with van der Waals surface area (Å²) >= 11 is 6.27. The average molecular weight is 398 g/mol. The van der Waals surface area contributed by atoms with Crippen LogP contribution in [0, 0.1) is 0 Å². The summed E-state index contributed by atoms with van der Waals surface area (Å²) in [5.74, 6) is 1.08. The Balaban J connectivity index is 1.28. The lowest BCUT2D eigenvalue weighted by Gasteiger charge is -2.36. The number of hydrogen-bond acceptors (Lipinski definition) is 6. The number of para-hydroxylation sites is 1. The number of aromatic nitrogens is 3. The average Bonchev–Trinajstić information content (AvgIpc) is 3.22. The third-order valence-electron chi connectivity index (χ3n) is 4.78. The third-order valence-corrected chi connectivity index (χ3v) is 5.10. The minimum atomic E-state index is 0.0995. The summed E-state index contributed by atoms with van der Waals surface area (Å²) < 4.78 is 5.27. The van der Waals surface area contributed by atoms with Crippen LogP contribution in [0.3, 0.4) is 0 Å². The van der Waals surface area contributed by atoms with Crippen LogP contribution in [0.1, 0.15) is 12.3 Å². The second-order valence-corrected chi connectivity index (χ2v) is 6.97. The number of carbonyl (C=O) groups excluding carboxylic acids is 1. The maximum Gasteiger partial charge on any atom is 0.227 e. The number of nitrogens with zero attached hydrogens (tertiary/aromatic N) is 5. The first-order valence-electron chi connectivity index (χ1n) is 9.21. The van der Waals surface area contributed by atoms with E-state index >= 15 is 0 Å². The molecule has 2 aromatic heterocycles. The molecule has 0 atom stereocenters. The number of hydrogen-bond donors (Lipinski definition) is 0. The first-order valence-corrected chi connectivity index (χ1v) is 9.59. The maximum atomic E-state index is 12.5. The molecule has 0 spiro atoms. The van der Waals surface area contributed by atoms with Crippen LogP contribution in [-0.2, 0) is 11.2 Å². The van der Waals surface area contributed by atoms with Crippen LogP contribution < -0.4 is 4.90 Å². The molecule has 1 saturated heterocycles. The molecule has 3 aromatic rings. The highest BCUT2D eigenvalue weighted by Gasteiger charge is 2.22. The van der Waals surface area contributed by atoms with Crippen molar-refractivity contribution in [3.05, 3.63) is 59.7 Å². The highest BCUT2D eigenvalue weighted by Crippen LogP contribution is 2.26. The summed E-state index contributed by atoms with van der Waals surface area (Å²) in [5.41, 5.74) is 1.86. The fourth-order valence-electron chi connectivity index (χ4n) is 3.25. The van der Waals surface area contributed by atoms with Crippen molar-refractivity contribution in [2.75, 3.05) is 31.1 Å². The van der Waals surface area contributed by atoms with Gasteiger partial charge in [-0.15, -0.1) is 0 Å². The quantitative estimate of drug-likeness (QED) is 0.658. The summed E-state index contributed by atoms with van der Waals surface area (Å²) in [5, 5.41) is 4.71. The summed E-state index contributed by atoms with van der Waals surface area (Å²) in [6.45, 7) is 2.89. The molecule has 0 radical (unpaired) electrons. The molecule has 144 valence electrons. The molecular formula is C20H20ClN5O2. The van der Waals surface area contributed by atoms with Gasteiger partial charge in [-0.2, -0.15) is 4.98 Å². The number of benzene rings is 1. The van der Waals surface area contributed by atoms with Crippen LogP contribution in [0.4, 0.5) is 5.69 Å². The Morgan fingerprint density at radius 3 is 2.57 bits per heavy atom. The molecule has 1 aliphatic heterocycles. The van der Waals surface area contributed by atoms with Gasteiger partial charge in [-0.1, -0.05) is 28.9 Å². The standard InChI is InChI=1S/C20H20ClN5O2/c21-16-3-1-2-4-17(16)25-11-13-26(14-12-25)19(27)6-5-18-23-20(24-28-18)15-7-9-22-10-8-15/h1-4,7-10H,5-6,11-14H2. The van der Waals surface area contributed by atoms with Gasteiger partial charge in [0.05, 0.1) is 10.7 Å². The van der Waals surface area contributed by atoms with Gasteiger partial charge in [-0.3, -0.25) is 9.78 Å². The normalized spacial score (nSPS) is 14.3. The minimum Gasteiger partial charge on any atom is -0.367 e. The summed E-state index contributed by atoms with van der Waals surface area (Å²) in [7, 11) is 0. The van der Waals surface area contributed by atoms with E-state index in [0.717, 1.165) is 29.4 Å². The van der Waals surface area contributed by atoms with E-state index in [-0.39, 0.29) is 5.91 Å². The highest BCUT2D eigenvalue weighted by atomic mass is 35.5. The molecule has 0 saturated carbocycles. The smallest absolute Gasteiger partial charge is 0.227 e. The number of pyridine rings is 1. The molecule has 1 fully saturated rings. The molecule has 1 amide bonds. The van der Waals surface area contributed by atoms with Crippen LogP contribution in [0.15, 0.2) is 53.3 Å².